The van der Waals surface area contributed by atoms with E-state index >= 15 is 0 Å². The van der Waals surface area contributed by atoms with E-state index < -0.39 is 10.0 Å². The number of benzene rings is 2. The average Bonchev–Trinajstić information content (AvgIpc) is 2.26. The van der Waals surface area contributed by atoms with Crippen molar-refractivity contribution in [2.24, 2.45) is 0 Å². The number of halogens is 2. The van der Waals surface area contributed by atoms with Gasteiger partial charge in [0.25, 0.3) is 10.0 Å². The van der Waals surface area contributed by atoms with Crippen molar-refractivity contribution in [3.05, 3.63) is 58.1 Å². The molecule has 2 aromatic carbocycles. The molecule has 0 aliphatic rings. The van der Waals surface area contributed by atoms with Gasteiger partial charge in [-0.05, 0) is 36.8 Å². The predicted octanol–water partition coefficient (Wildman–Crippen LogP) is 4.10. The number of anilines is 1. The molecule has 3 nitrogen and oxygen atoms in total. The summed E-state index contributed by atoms with van der Waals surface area (Å²) in [6.07, 6.45) is 0. The lowest BCUT2D eigenvalue weighted by Crippen LogP contribution is -2.14. The summed E-state index contributed by atoms with van der Waals surface area (Å²) in [4.78, 5) is 0.228. The molecule has 0 saturated carbocycles. The summed E-state index contributed by atoms with van der Waals surface area (Å²) >= 11 is 11.7. The summed E-state index contributed by atoms with van der Waals surface area (Å²) in [5.74, 6) is 0. The Hall–Kier alpha value is -1.23. The van der Waals surface area contributed by atoms with Gasteiger partial charge in [-0.3, -0.25) is 4.72 Å². The summed E-state index contributed by atoms with van der Waals surface area (Å²) in [6.45, 7) is 1.74. The smallest absolute Gasteiger partial charge is 0.262 e. The summed E-state index contributed by atoms with van der Waals surface area (Å²) in [5, 5.41) is 0.741. The maximum Gasteiger partial charge on any atom is 0.262 e. The summed E-state index contributed by atoms with van der Waals surface area (Å²) < 4.78 is 27.0. The number of nitrogens with one attached hydrogen (secondary N) is 1. The molecule has 0 aromatic heterocycles. The average molecular weight is 316 g/mol. The van der Waals surface area contributed by atoms with Gasteiger partial charge >= 0.3 is 0 Å². The Kier molecular flexibility index (Phi) is 4.04. The summed E-state index contributed by atoms with van der Waals surface area (Å²) in [5.41, 5.74) is 1.00. The van der Waals surface area contributed by atoms with Crippen LogP contribution in [-0.4, -0.2) is 8.42 Å². The molecule has 6 heteroatoms. The van der Waals surface area contributed by atoms with Crippen molar-refractivity contribution < 1.29 is 8.42 Å². The lowest BCUT2D eigenvalue weighted by Gasteiger charge is -2.10. The maximum atomic E-state index is 12.2. The van der Waals surface area contributed by atoms with Crippen LogP contribution in [0.4, 0.5) is 5.69 Å². The van der Waals surface area contributed by atoms with Gasteiger partial charge in [0.2, 0.25) is 0 Å². The van der Waals surface area contributed by atoms with Gasteiger partial charge in [0, 0.05) is 10.0 Å². The van der Waals surface area contributed by atoms with Crippen LogP contribution in [0.5, 0.6) is 0 Å². The van der Waals surface area contributed by atoms with Gasteiger partial charge in [0.1, 0.15) is 0 Å². The van der Waals surface area contributed by atoms with Crippen molar-refractivity contribution in [3.8, 4) is 0 Å². The molecule has 0 unspecified atom stereocenters. The topological polar surface area (TPSA) is 46.2 Å². The molecular formula is C13H11Cl2NO2S. The van der Waals surface area contributed by atoms with Crippen LogP contribution in [0.15, 0.2) is 47.4 Å². The number of aryl methyl sites for hydroxylation is 1. The van der Waals surface area contributed by atoms with Crippen LogP contribution in [0.1, 0.15) is 5.56 Å². The largest absolute Gasteiger partial charge is 0.280 e. The van der Waals surface area contributed by atoms with Crippen LogP contribution in [0.2, 0.25) is 10.0 Å². The summed E-state index contributed by atoms with van der Waals surface area (Å²) in [6, 6.07) is 11.3. The predicted molar refractivity (Wildman–Crippen MR) is 78.4 cm³/mol. The van der Waals surface area contributed by atoms with E-state index in [1.807, 2.05) is 0 Å². The van der Waals surface area contributed by atoms with Crippen LogP contribution in [0.25, 0.3) is 0 Å². The van der Waals surface area contributed by atoms with Crippen molar-refractivity contribution in [2.45, 2.75) is 11.8 Å². The lowest BCUT2D eigenvalue weighted by atomic mass is 10.2. The second-order valence-corrected chi connectivity index (χ2v) is 6.55. The van der Waals surface area contributed by atoms with Crippen LogP contribution in [0, 0.1) is 6.92 Å². The fraction of sp³-hybridized carbons (Fsp3) is 0.0769. The SMILES string of the molecule is Cc1ccccc1S(=O)(=O)Nc1cc(Cl)cc(Cl)c1. The van der Waals surface area contributed by atoms with Gasteiger partial charge < -0.3 is 0 Å². The van der Waals surface area contributed by atoms with E-state index in [1.54, 1.807) is 31.2 Å². The molecule has 0 amide bonds. The van der Waals surface area contributed by atoms with Gasteiger partial charge in [-0.1, -0.05) is 41.4 Å². The third kappa shape index (κ3) is 3.41. The fourth-order valence-electron chi connectivity index (χ4n) is 1.68. The highest BCUT2D eigenvalue weighted by Gasteiger charge is 2.16. The Bertz CT molecular complexity index is 694. The van der Waals surface area contributed by atoms with Crippen LogP contribution >= 0.6 is 23.2 Å². The quantitative estimate of drug-likeness (QED) is 0.926. The first kappa shape index (κ1) is 14.2. The molecule has 1 N–H and O–H groups in total. The van der Waals surface area contributed by atoms with E-state index in [4.69, 9.17) is 23.2 Å². The molecule has 0 saturated heterocycles. The minimum atomic E-state index is -3.64. The number of rotatable bonds is 3. The molecule has 0 radical (unpaired) electrons. The molecular weight excluding hydrogens is 305 g/mol. The lowest BCUT2D eigenvalue weighted by molar-refractivity contribution is 0.600. The second-order valence-electron chi connectivity index (χ2n) is 4.03. The Morgan fingerprint density at radius 1 is 1.00 bits per heavy atom. The van der Waals surface area contributed by atoms with Crippen molar-refractivity contribution in [3.63, 3.8) is 0 Å². The van der Waals surface area contributed by atoms with Gasteiger partial charge in [-0.2, -0.15) is 0 Å². The van der Waals surface area contributed by atoms with Gasteiger partial charge in [-0.15, -0.1) is 0 Å². The van der Waals surface area contributed by atoms with Crippen LogP contribution in [-0.2, 0) is 10.0 Å². The molecule has 19 heavy (non-hydrogen) atoms. The van der Waals surface area contributed by atoms with Gasteiger partial charge in [-0.25, -0.2) is 8.42 Å². The van der Waals surface area contributed by atoms with Crippen molar-refractivity contribution in [1.29, 1.82) is 0 Å². The third-order valence-corrected chi connectivity index (χ3v) is 4.48. The van der Waals surface area contributed by atoms with E-state index in [0.29, 0.717) is 21.3 Å². The Morgan fingerprint density at radius 3 is 2.16 bits per heavy atom. The zero-order valence-corrected chi connectivity index (χ0v) is 12.4. The highest BCUT2D eigenvalue weighted by molar-refractivity contribution is 7.92. The Morgan fingerprint density at radius 2 is 1.58 bits per heavy atom. The number of hydrogen-bond donors (Lipinski definition) is 1. The van der Waals surface area contributed by atoms with Gasteiger partial charge in [0.05, 0.1) is 10.6 Å². The standard InChI is InChI=1S/C13H11Cl2NO2S/c1-9-4-2-3-5-13(9)19(17,18)16-12-7-10(14)6-11(15)8-12/h2-8,16H,1H3. The number of sulfonamides is 1. The maximum absolute atomic E-state index is 12.2. The molecule has 0 atom stereocenters. The Labute approximate surface area is 122 Å². The third-order valence-electron chi connectivity index (χ3n) is 2.50. The number of hydrogen-bond acceptors (Lipinski definition) is 2. The first-order valence-electron chi connectivity index (χ1n) is 5.43. The van der Waals surface area contributed by atoms with Crippen molar-refractivity contribution >= 4 is 38.9 Å². The second kappa shape index (κ2) is 5.41. The zero-order valence-electron chi connectivity index (χ0n) is 10.0. The van der Waals surface area contributed by atoms with Crippen molar-refractivity contribution in [2.75, 3.05) is 4.72 Å². The highest BCUT2D eigenvalue weighted by Crippen LogP contribution is 2.25. The first-order valence-corrected chi connectivity index (χ1v) is 7.67. The minimum Gasteiger partial charge on any atom is -0.280 e. The molecule has 0 fully saturated rings. The van der Waals surface area contributed by atoms with E-state index in [9.17, 15) is 8.42 Å². The summed E-state index contributed by atoms with van der Waals surface area (Å²) in [7, 11) is -3.64. The van der Waals surface area contributed by atoms with Crippen LogP contribution in [0.3, 0.4) is 0 Å². The van der Waals surface area contributed by atoms with Crippen molar-refractivity contribution in [1.82, 2.24) is 0 Å². The minimum absolute atomic E-state index is 0.228. The normalized spacial score (nSPS) is 11.3. The first-order chi connectivity index (χ1) is 8.88. The molecule has 0 aliphatic carbocycles. The van der Waals surface area contributed by atoms with E-state index in [1.165, 1.54) is 18.2 Å². The molecule has 0 aliphatic heterocycles. The highest BCUT2D eigenvalue weighted by atomic mass is 35.5. The molecule has 0 heterocycles. The van der Waals surface area contributed by atoms with E-state index in [-0.39, 0.29) is 4.90 Å². The zero-order chi connectivity index (χ0) is 14.0. The van der Waals surface area contributed by atoms with Gasteiger partial charge in [0.15, 0.2) is 0 Å². The molecule has 0 bridgehead atoms. The molecule has 2 aromatic rings. The molecule has 2 rings (SSSR count). The monoisotopic (exact) mass is 315 g/mol. The molecule has 0 spiro atoms. The molecule has 100 valence electrons. The fourth-order valence-corrected chi connectivity index (χ4v) is 3.49. The van der Waals surface area contributed by atoms with Crippen LogP contribution < -0.4 is 4.72 Å². The van der Waals surface area contributed by atoms with E-state index in [2.05, 4.69) is 4.72 Å². The van der Waals surface area contributed by atoms with E-state index in [0.717, 1.165) is 0 Å². The Balaban J connectivity index is 2.39.